The first-order chi connectivity index (χ1) is 19.0. The molecule has 208 valence electrons. The van der Waals surface area contributed by atoms with E-state index < -0.39 is 0 Å². The molecule has 2 saturated carbocycles. The van der Waals surface area contributed by atoms with Gasteiger partial charge in [-0.25, -0.2) is 4.98 Å². The Balaban J connectivity index is 1.28. The Kier molecular flexibility index (Phi) is 9.20. The Morgan fingerprint density at radius 1 is 1.05 bits per heavy atom. The number of rotatable bonds is 9. The standard InChI is InChI=1S/C32H40N2O4S/c1-22-18-26(12-15-30(22)37-2)24-8-6-23(7-9-24)20-34(32(36)25-10-13-28(35)14-11-25)27-4-3-5-29(19-27)38-21-31-33-16-17-39-31/h3-5,12,15-19,23-25,28,35H,6-11,13-14,20-21H2,1-2H3. The van der Waals surface area contributed by atoms with Gasteiger partial charge in [0.1, 0.15) is 23.1 Å². The maximum absolute atomic E-state index is 13.9. The first kappa shape index (κ1) is 27.7. The number of aromatic nitrogens is 1. The number of methoxy groups -OCH3 is 1. The third kappa shape index (κ3) is 7.00. The predicted octanol–water partition coefficient (Wildman–Crippen LogP) is 6.90. The SMILES string of the molecule is COc1ccc(C2CCC(CN(C(=O)C3CCC(O)CC3)c3cccc(OCc4nccs4)c3)CC2)cc1C. The quantitative estimate of drug-likeness (QED) is 0.315. The number of aliphatic hydroxyl groups is 1. The van der Waals surface area contributed by atoms with E-state index in [4.69, 9.17) is 9.47 Å². The van der Waals surface area contributed by atoms with Crippen LogP contribution in [0.3, 0.4) is 0 Å². The number of aryl methyl sites for hydroxylation is 1. The highest BCUT2D eigenvalue weighted by Gasteiger charge is 2.32. The maximum atomic E-state index is 13.9. The van der Waals surface area contributed by atoms with Crippen molar-refractivity contribution in [3.05, 3.63) is 70.2 Å². The van der Waals surface area contributed by atoms with Gasteiger partial charge in [-0.3, -0.25) is 4.79 Å². The van der Waals surface area contributed by atoms with Crippen molar-refractivity contribution in [2.45, 2.75) is 76.9 Å². The lowest BCUT2D eigenvalue weighted by Gasteiger charge is -2.36. The van der Waals surface area contributed by atoms with E-state index in [1.165, 1.54) is 11.1 Å². The van der Waals surface area contributed by atoms with Gasteiger partial charge in [0.2, 0.25) is 5.91 Å². The molecule has 7 heteroatoms. The third-order valence-electron chi connectivity index (χ3n) is 8.46. The van der Waals surface area contributed by atoms with Crippen molar-refractivity contribution < 1.29 is 19.4 Å². The molecule has 2 aromatic carbocycles. The number of hydrogen-bond acceptors (Lipinski definition) is 6. The van der Waals surface area contributed by atoms with Crippen LogP contribution in [0.25, 0.3) is 0 Å². The van der Waals surface area contributed by atoms with Crippen LogP contribution in [-0.4, -0.2) is 35.8 Å². The van der Waals surface area contributed by atoms with Crippen LogP contribution in [0.2, 0.25) is 0 Å². The number of aliphatic hydroxyl groups excluding tert-OH is 1. The largest absolute Gasteiger partial charge is 0.496 e. The summed E-state index contributed by atoms with van der Waals surface area (Å²) in [5.74, 6) is 2.85. The minimum atomic E-state index is -0.276. The van der Waals surface area contributed by atoms with Crippen LogP contribution in [-0.2, 0) is 11.4 Å². The van der Waals surface area contributed by atoms with Gasteiger partial charge in [0, 0.05) is 35.8 Å². The molecule has 0 saturated heterocycles. The number of carbonyl (C=O) groups is 1. The van der Waals surface area contributed by atoms with Crippen molar-refractivity contribution >= 4 is 22.9 Å². The van der Waals surface area contributed by atoms with E-state index >= 15 is 0 Å². The van der Waals surface area contributed by atoms with Gasteiger partial charge in [0.05, 0.1) is 13.2 Å². The number of ether oxygens (including phenoxy) is 2. The number of anilines is 1. The fraction of sp³-hybridized carbons (Fsp3) is 0.500. The molecule has 2 fully saturated rings. The molecule has 1 heterocycles. The Hall–Kier alpha value is -2.90. The zero-order valence-corrected chi connectivity index (χ0v) is 23.9. The molecule has 0 bridgehead atoms. The van der Waals surface area contributed by atoms with Crippen LogP contribution in [0.1, 0.15) is 73.4 Å². The summed E-state index contributed by atoms with van der Waals surface area (Å²) in [7, 11) is 1.72. The van der Waals surface area contributed by atoms with Gasteiger partial charge in [0.25, 0.3) is 0 Å². The van der Waals surface area contributed by atoms with E-state index in [1.54, 1.807) is 24.6 Å². The van der Waals surface area contributed by atoms with Crippen molar-refractivity contribution in [2.75, 3.05) is 18.6 Å². The summed E-state index contributed by atoms with van der Waals surface area (Å²) >= 11 is 1.57. The first-order valence-corrected chi connectivity index (χ1v) is 15.1. The molecule has 0 atom stereocenters. The second-order valence-corrected chi connectivity index (χ2v) is 12.1. The molecule has 3 aromatic rings. The monoisotopic (exact) mass is 548 g/mol. The molecule has 0 unspecified atom stereocenters. The highest BCUT2D eigenvalue weighted by Crippen LogP contribution is 2.39. The Morgan fingerprint density at radius 3 is 2.54 bits per heavy atom. The number of nitrogens with zero attached hydrogens (tertiary/aromatic N) is 2. The van der Waals surface area contributed by atoms with Crippen LogP contribution in [0, 0.1) is 18.8 Å². The zero-order valence-electron chi connectivity index (χ0n) is 23.1. The number of carbonyl (C=O) groups excluding carboxylic acids is 1. The van der Waals surface area contributed by atoms with Crippen molar-refractivity contribution in [2.24, 2.45) is 11.8 Å². The minimum absolute atomic E-state index is 0.0353. The van der Waals surface area contributed by atoms with Crippen LogP contribution < -0.4 is 14.4 Å². The zero-order chi connectivity index (χ0) is 27.2. The lowest BCUT2D eigenvalue weighted by Crippen LogP contribution is -2.41. The smallest absolute Gasteiger partial charge is 0.230 e. The Bertz CT molecular complexity index is 1210. The van der Waals surface area contributed by atoms with Crippen molar-refractivity contribution in [3.63, 3.8) is 0 Å². The van der Waals surface area contributed by atoms with Crippen LogP contribution in [0.4, 0.5) is 5.69 Å². The fourth-order valence-corrected chi connectivity index (χ4v) is 6.70. The lowest BCUT2D eigenvalue weighted by atomic mass is 9.78. The number of benzene rings is 2. The second-order valence-electron chi connectivity index (χ2n) is 11.1. The summed E-state index contributed by atoms with van der Waals surface area (Å²) in [6.45, 7) is 3.25. The van der Waals surface area contributed by atoms with Crippen molar-refractivity contribution in [1.29, 1.82) is 0 Å². The topological polar surface area (TPSA) is 71.9 Å². The molecule has 39 heavy (non-hydrogen) atoms. The third-order valence-corrected chi connectivity index (χ3v) is 9.22. The number of thiazole rings is 1. The lowest BCUT2D eigenvalue weighted by molar-refractivity contribution is -0.124. The van der Waals surface area contributed by atoms with Gasteiger partial charge >= 0.3 is 0 Å². The molecule has 5 rings (SSSR count). The molecule has 2 aliphatic carbocycles. The molecule has 0 aliphatic heterocycles. The molecular weight excluding hydrogens is 508 g/mol. The summed E-state index contributed by atoms with van der Waals surface area (Å²) in [6.07, 6.45) is 8.87. The highest BCUT2D eigenvalue weighted by atomic mass is 32.1. The summed E-state index contributed by atoms with van der Waals surface area (Å²) < 4.78 is 11.5. The molecule has 0 spiro atoms. The van der Waals surface area contributed by atoms with E-state index in [0.717, 1.165) is 67.3 Å². The van der Waals surface area contributed by atoms with Crippen molar-refractivity contribution in [3.8, 4) is 11.5 Å². The van der Waals surface area contributed by atoms with Crippen LogP contribution in [0.5, 0.6) is 11.5 Å². The number of amides is 1. The van der Waals surface area contributed by atoms with Crippen molar-refractivity contribution in [1.82, 2.24) is 4.98 Å². The predicted molar refractivity (Wildman–Crippen MR) is 156 cm³/mol. The van der Waals surface area contributed by atoms with E-state index in [9.17, 15) is 9.90 Å². The van der Waals surface area contributed by atoms with Gasteiger partial charge in [-0.15, -0.1) is 11.3 Å². The minimum Gasteiger partial charge on any atom is -0.496 e. The first-order valence-electron chi connectivity index (χ1n) is 14.3. The van der Waals surface area contributed by atoms with Gasteiger partial charge < -0.3 is 19.5 Å². The number of hydrogen-bond donors (Lipinski definition) is 1. The molecule has 1 amide bonds. The van der Waals surface area contributed by atoms with Crippen LogP contribution in [0.15, 0.2) is 54.0 Å². The highest BCUT2D eigenvalue weighted by molar-refractivity contribution is 7.09. The summed E-state index contributed by atoms with van der Waals surface area (Å²) in [6, 6.07) is 14.5. The van der Waals surface area contributed by atoms with Gasteiger partial charge in [-0.05, 0) is 99.5 Å². The Labute approximate surface area is 236 Å². The summed E-state index contributed by atoms with van der Waals surface area (Å²) in [5, 5.41) is 12.9. The molecule has 1 aromatic heterocycles. The molecule has 2 aliphatic rings. The van der Waals surface area contributed by atoms with E-state index in [-0.39, 0.29) is 17.9 Å². The molecular formula is C32H40N2O4S. The average Bonchev–Trinajstić information content (AvgIpc) is 3.49. The normalized spacial score (nSPS) is 23.3. The van der Waals surface area contributed by atoms with Crippen LogP contribution >= 0.6 is 11.3 Å². The van der Waals surface area contributed by atoms with Gasteiger partial charge in [0.15, 0.2) is 0 Å². The Morgan fingerprint density at radius 2 is 1.85 bits per heavy atom. The average molecular weight is 549 g/mol. The maximum Gasteiger partial charge on any atom is 0.230 e. The summed E-state index contributed by atoms with van der Waals surface area (Å²) in [5.41, 5.74) is 3.48. The molecule has 0 radical (unpaired) electrons. The van der Waals surface area contributed by atoms with E-state index in [1.807, 2.05) is 34.5 Å². The van der Waals surface area contributed by atoms with E-state index in [0.29, 0.717) is 31.3 Å². The second kappa shape index (κ2) is 13.0. The molecule has 1 N–H and O–H groups in total. The van der Waals surface area contributed by atoms with Gasteiger partial charge in [-0.2, -0.15) is 0 Å². The van der Waals surface area contributed by atoms with Gasteiger partial charge in [-0.1, -0.05) is 18.2 Å². The molecule has 6 nitrogen and oxygen atoms in total. The summed E-state index contributed by atoms with van der Waals surface area (Å²) in [4.78, 5) is 20.2. The fourth-order valence-electron chi connectivity index (χ4n) is 6.17. The van der Waals surface area contributed by atoms with E-state index in [2.05, 4.69) is 30.1 Å².